The van der Waals surface area contributed by atoms with E-state index in [1.165, 1.54) is 6.07 Å². The van der Waals surface area contributed by atoms with E-state index < -0.39 is 17.8 Å². The van der Waals surface area contributed by atoms with Gasteiger partial charge in [-0.15, -0.1) is 0 Å². The second kappa shape index (κ2) is 8.05. The lowest BCUT2D eigenvalue weighted by molar-refractivity contribution is -0.124. The SMILES string of the molecule is Cc1cc(F)cc([C@H](O)C(=O)Nc2ccc(-c3nc(C)n4c(C)cnc(N)c34)c(C)c2)c1. The maximum atomic E-state index is 13.6. The summed E-state index contributed by atoms with van der Waals surface area (Å²) in [6, 6.07) is 9.42. The first-order valence-electron chi connectivity index (χ1n) is 10.1. The number of nitrogens with two attached hydrogens (primary N) is 1. The minimum absolute atomic E-state index is 0.201. The number of nitrogens with zero attached hydrogens (tertiary/aromatic N) is 3. The van der Waals surface area contributed by atoms with Crippen LogP contribution in [0, 0.1) is 33.5 Å². The summed E-state index contributed by atoms with van der Waals surface area (Å²) in [5, 5.41) is 13.1. The Morgan fingerprint density at radius 3 is 2.59 bits per heavy atom. The van der Waals surface area contributed by atoms with Gasteiger partial charge in [0.2, 0.25) is 0 Å². The van der Waals surface area contributed by atoms with Gasteiger partial charge < -0.3 is 16.2 Å². The summed E-state index contributed by atoms with van der Waals surface area (Å²) in [7, 11) is 0. The highest BCUT2D eigenvalue weighted by Gasteiger charge is 2.20. The minimum atomic E-state index is -1.49. The maximum absolute atomic E-state index is 13.6. The van der Waals surface area contributed by atoms with E-state index in [4.69, 9.17) is 10.7 Å². The molecule has 1 amide bonds. The number of hydrogen-bond donors (Lipinski definition) is 3. The van der Waals surface area contributed by atoms with Crippen LogP contribution in [0.25, 0.3) is 16.8 Å². The summed E-state index contributed by atoms with van der Waals surface area (Å²) < 4.78 is 15.6. The number of aromatic nitrogens is 3. The maximum Gasteiger partial charge on any atom is 0.257 e. The standard InChI is InChI=1S/C24H24FN5O2/c1-12-7-16(10-17(25)8-12)22(31)24(32)29-18-5-6-19(13(2)9-18)20-21-23(26)27-11-14(3)30(21)15(4)28-20/h5-11,22,31H,1-4H3,(H2,26,27)(H,29,32)/t22-/m0/s1. The third-order valence-electron chi connectivity index (χ3n) is 5.41. The van der Waals surface area contributed by atoms with E-state index in [2.05, 4.69) is 10.3 Å². The summed E-state index contributed by atoms with van der Waals surface area (Å²) >= 11 is 0. The van der Waals surface area contributed by atoms with Crippen molar-refractivity contribution in [1.82, 2.24) is 14.4 Å². The van der Waals surface area contributed by atoms with Crippen molar-refractivity contribution >= 4 is 22.9 Å². The second-order valence-electron chi connectivity index (χ2n) is 7.96. The fraction of sp³-hybridized carbons (Fsp3) is 0.208. The van der Waals surface area contributed by atoms with Crippen molar-refractivity contribution in [2.75, 3.05) is 11.1 Å². The molecule has 1 atom stereocenters. The average molecular weight is 433 g/mol. The van der Waals surface area contributed by atoms with Crippen molar-refractivity contribution in [3.05, 3.63) is 76.6 Å². The van der Waals surface area contributed by atoms with Gasteiger partial charge in [0.05, 0.1) is 0 Å². The van der Waals surface area contributed by atoms with Crippen molar-refractivity contribution in [3.8, 4) is 11.3 Å². The lowest BCUT2D eigenvalue weighted by Crippen LogP contribution is -2.21. The summed E-state index contributed by atoms with van der Waals surface area (Å²) in [5.41, 5.74) is 11.6. The molecule has 4 aromatic rings. The third kappa shape index (κ3) is 3.80. The van der Waals surface area contributed by atoms with Crippen molar-refractivity contribution in [1.29, 1.82) is 0 Å². The van der Waals surface area contributed by atoms with E-state index in [-0.39, 0.29) is 5.56 Å². The van der Waals surface area contributed by atoms with Crippen molar-refractivity contribution < 1.29 is 14.3 Å². The Balaban J connectivity index is 1.64. The van der Waals surface area contributed by atoms with Crippen molar-refractivity contribution in [3.63, 3.8) is 0 Å². The normalized spacial score (nSPS) is 12.2. The van der Waals surface area contributed by atoms with Gasteiger partial charge >= 0.3 is 0 Å². The number of rotatable bonds is 4. The van der Waals surface area contributed by atoms with E-state index >= 15 is 0 Å². The van der Waals surface area contributed by atoms with E-state index in [1.54, 1.807) is 31.3 Å². The molecule has 0 aliphatic carbocycles. The summed E-state index contributed by atoms with van der Waals surface area (Å²) in [6.45, 7) is 7.44. The van der Waals surface area contributed by atoms with Crippen LogP contribution in [0.1, 0.15) is 34.3 Å². The molecule has 4 N–H and O–H groups in total. The summed E-state index contributed by atoms with van der Waals surface area (Å²) in [4.78, 5) is 21.5. The molecule has 0 fully saturated rings. The monoisotopic (exact) mass is 433 g/mol. The molecule has 0 saturated carbocycles. The Labute approximate surface area is 184 Å². The lowest BCUT2D eigenvalue weighted by Gasteiger charge is -2.14. The number of fused-ring (bicyclic) bond motifs is 1. The Morgan fingerprint density at radius 2 is 1.91 bits per heavy atom. The van der Waals surface area contributed by atoms with Gasteiger partial charge in [0.25, 0.3) is 5.91 Å². The van der Waals surface area contributed by atoms with Gasteiger partial charge in [-0.1, -0.05) is 12.1 Å². The number of carbonyl (C=O) groups excluding carboxylic acids is 1. The number of aliphatic hydroxyl groups excluding tert-OH is 1. The van der Waals surface area contributed by atoms with Gasteiger partial charge in [0.1, 0.15) is 28.7 Å². The predicted molar refractivity (Wildman–Crippen MR) is 122 cm³/mol. The highest BCUT2D eigenvalue weighted by atomic mass is 19.1. The van der Waals surface area contributed by atoms with Gasteiger partial charge in [-0.05, 0) is 68.7 Å². The largest absolute Gasteiger partial charge is 0.382 e. The number of nitrogens with one attached hydrogen (secondary N) is 1. The highest BCUT2D eigenvalue weighted by molar-refractivity contribution is 5.95. The lowest BCUT2D eigenvalue weighted by atomic mass is 10.0. The fourth-order valence-corrected chi connectivity index (χ4v) is 3.96. The number of aryl methyl sites for hydroxylation is 4. The second-order valence-corrected chi connectivity index (χ2v) is 7.96. The van der Waals surface area contributed by atoms with E-state index in [9.17, 15) is 14.3 Å². The molecular formula is C24H24FN5O2. The van der Waals surface area contributed by atoms with E-state index in [0.717, 1.165) is 34.2 Å². The topological polar surface area (TPSA) is 106 Å². The quantitative estimate of drug-likeness (QED) is 0.451. The van der Waals surface area contributed by atoms with Gasteiger partial charge in [-0.25, -0.2) is 14.4 Å². The number of hydrogen-bond acceptors (Lipinski definition) is 5. The summed E-state index contributed by atoms with van der Waals surface area (Å²) in [5.74, 6) is 0.0384. The van der Waals surface area contributed by atoms with Crippen LogP contribution in [0.4, 0.5) is 15.9 Å². The zero-order valence-electron chi connectivity index (χ0n) is 18.3. The zero-order valence-corrected chi connectivity index (χ0v) is 18.3. The highest BCUT2D eigenvalue weighted by Crippen LogP contribution is 2.32. The molecule has 8 heteroatoms. The van der Waals surface area contributed by atoms with Crippen LogP contribution >= 0.6 is 0 Å². The number of nitrogen functional groups attached to an aromatic ring is 1. The number of halogens is 1. The van der Waals surface area contributed by atoms with Crippen LogP contribution in [0.15, 0.2) is 42.6 Å². The average Bonchev–Trinajstić information content (AvgIpc) is 3.07. The Morgan fingerprint density at radius 1 is 1.16 bits per heavy atom. The molecule has 0 bridgehead atoms. The first-order valence-corrected chi connectivity index (χ1v) is 10.1. The Hall–Kier alpha value is -3.78. The molecule has 7 nitrogen and oxygen atoms in total. The van der Waals surface area contributed by atoms with Crippen LogP contribution in [0.5, 0.6) is 0 Å². The van der Waals surface area contributed by atoms with Crippen LogP contribution < -0.4 is 11.1 Å². The van der Waals surface area contributed by atoms with Crippen LogP contribution in [0.3, 0.4) is 0 Å². The zero-order chi connectivity index (χ0) is 23.2. The first kappa shape index (κ1) is 21.5. The molecule has 0 aliphatic rings. The van der Waals surface area contributed by atoms with Crippen molar-refractivity contribution in [2.45, 2.75) is 33.8 Å². The molecule has 2 heterocycles. The molecule has 0 radical (unpaired) electrons. The molecule has 0 spiro atoms. The Kier molecular flexibility index (Phi) is 5.40. The van der Waals surface area contributed by atoms with Gasteiger partial charge in [-0.3, -0.25) is 9.20 Å². The van der Waals surface area contributed by atoms with Gasteiger partial charge in [0.15, 0.2) is 6.10 Å². The molecule has 0 unspecified atom stereocenters. The number of carbonyl (C=O) groups is 1. The van der Waals surface area contributed by atoms with Gasteiger partial charge in [-0.2, -0.15) is 0 Å². The molecule has 32 heavy (non-hydrogen) atoms. The van der Waals surface area contributed by atoms with Gasteiger partial charge in [0, 0.05) is 23.1 Å². The van der Waals surface area contributed by atoms with Crippen LogP contribution in [0.2, 0.25) is 0 Å². The third-order valence-corrected chi connectivity index (χ3v) is 5.41. The predicted octanol–water partition coefficient (Wildman–Crippen LogP) is 4.02. The smallest absolute Gasteiger partial charge is 0.257 e. The fourth-order valence-electron chi connectivity index (χ4n) is 3.96. The molecule has 0 aliphatic heterocycles. The summed E-state index contributed by atoms with van der Waals surface area (Å²) in [6.07, 6.45) is 0.218. The number of imidazole rings is 1. The Bertz CT molecular complexity index is 1340. The van der Waals surface area contributed by atoms with Crippen LogP contribution in [-0.2, 0) is 4.79 Å². The molecule has 2 aromatic heterocycles. The molecule has 0 saturated heterocycles. The van der Waals surface area contributed by atoms with Crippen LogP contribution in [-0.4, -0.2) is 25.4 Å². The first-order chi connectivity index (χ1) is 15.2. The van der Waals surface area contributed by atoms with E-state index in [1.807, 2.05) is 31.2 Å². The number of anilines is 2. The van der Waals surface area contributed by atoms with E-state index in [0.29, 0.717) is 22.8 Å². The number of benzene rings is 2. The molecule has 2 aromatic carbocycles. The molecule has 4 rings (SSSR count). The number of amides is 1. The minimum Gasteiger partial charge on any atom is -0.382 e. The number of aliphatic hydroxyl groups is 1. The molecular weight excluding hydrogens is 409 g/mol. The molecule has 164 valence electrons. The van der Waals surface area contributed by atoms with Crippen molar-refractivity contribution in [2.24, 2.45) is 0 Å².